The predicted octanol–water partition coefficient (Wildman–Crippen LogP) is 2.85. The van der Waals surface area contributed by atoms with Crippen molar-refractivity contribution in [1.29, 1.82) is 0 Å². The van der Waals surface area contributed by atoms with E-state index in [1.165, 1.54) is 23.0 Å². The Balaban J connectivity index is 1.76. The smallest absolute Gasteiger partial charge is 0.338 e. The van der Waals surface area contributed by atoms with Gasteiger partial charge in [-0.3, -0.25) is 9.36 Å². The van der Waals surface area contributed by atoms with Gasteiger partial charge in [-0.1, -0.05) is 11.3 Å². The number of fused-ring (bicyclic) bond motifs is 2. The Morgan fingerprint density at radius 2 is 1.92 bits per heavy atom. The zero-order valence-electron chi connectivity index (χ0n) is 21.1. The molecule has 10 heteroatoms. The minimum absolute atomic E-state index is 0.165. The maximum Gasteiger partial charge on any atom is 0.338 e. The van der Waals surface area contributed by atoms with Gasteiger partial charge in [-0.25, -0.2) is 9.79 Å². The number of benzene rings is 2. The van der Waals surface area contributed by atoms with E-state index in [0.717, 1.165) is 11.1 Å². The van der Waals surface area contributed by atoms with Gasteiger partial charge in [0.1, 0.15) is 17.5 Å². The van der Waals surface area contributed by atoms with Crippen molar-refractivity contribution < 1.29 is 28.5 Å². The lowest BCUT2D eigenvalue weighted by Crippen LogP contribution is -2.40. The molecule has 1 atom stereocenters. The highest BCUT2D eigenvalue weighted by molar-refractivity contribution is 7.07. The van der Waals surface area contributed by atoms with Crippen molar-refractivity contribution in [3.8, 4) is 23.0 Å². The van der Waals surface area contributed by atoms with Crippen molar-refractivity contribution in [3.05, 3.63) is 78.0 Å². The molecule has 5 rings (SSSR count). The molecule has 0 aliphatic carbocycles. The Labute approximate surface area is 216 Å². The van der Waals surface area contributed by atoms with Gasteiger partial charge in [0.2, 0.25) is 6.79 Å². The molecule has 0 N–H and O–H groups in total. The number of ether oxygens (including phenoxy) is 5. The van der Waals surface area contributed by atoms with Gasteiger partial charge in [0.15, 0.2) is 16.3 Å². The van der Waals surface area contributed by atoms with Crippen LogP contribution < -0.4 is 33.8 Å². The maximum atomic E-state index is 13.9. The van der Waals surface area contributed by atoms with Crippen LogP contribution in [0.2, 0.25) is 0 Å². The van der Waals surface area contributed by atoms with Crippen LogP contribution in [0.25, 0.3) is 6.08 Å². The largest absolute Gasteiger partial charge is 0.497 e. The molecule has 2 aliphatic heterocycles. The molecule has 2 aliphatic rings. The van der Waals surface area contributed by atoms with Gasteiger partial charge in [-0.15, -0.1) is 0 Å². The summed E-state index contributed by atoms with van der Waals surface area (Å²) in [7, 11) is 3.09. The van der Waals surface area contributed by atoms with Crippen LogP contribution in [-0.4, -0.2) is 38.2 Å². The van der Waals surface area contributed by atoms with E-state index in [9.17, 15) is 9.59 Å². The Morgan fingerprint density at radius 3 is 2.62 bits per heavy atom. The topological polar surface area (TPSA) is 97.6 Å². The first-order chi connectivity index (χ1) is 17.9. The molecule has 0 radical (unpaired) electrons. The molecule has 3 heterocycles. The number of thiazole rings is 1. The summed E-state index contributed by atoms with van der Waals surface area (Å²) < 4.78 is 29.4. The van der Waals surface area contributed by atoms with E-state index in [4.69, 9.17) is 23.7 Å². The van der Waals surface area contributed by atoms with Crippen molar-refractivity contribution in [3.63, 3.8) is 0 Å². The average Bonchev–Trinajstić information content (AvgIpc) is 3.46. The quantitative estimate of drug-likeness (QED) is 0.459. The highest BCUT2D eigenvalue weighted by Crippen LogP contribution is 2.38. The Hall–Kier alpha value is -4.05. The maximum absolute atomic E-state index is 13.9. The summed E-state index contributed by atoms with van der Waals surface area (Å²) in [4.78, 5) is 32.2. The van der Waals surface area contributed by atoms with E-state index in [1.807, 2.05) is 25.1 Å². The monoisotopic (exact) mass is 522 g/mol. The molecule has 0 unspecified atom stereocenters. The third-order valence-corrected chi connectivity index (χ3v) is 7.28. The zero-order chi connectivity index (χ0) is 26.3. The molecule has 0 amide bonds. The van der Waals surface area contributed by atoms with Crippen LogP contribution in [0.15, 0.2) is 51.4 Å². The summed E-state index contributed by atoms with van der Waals surface area (Å²) >= 11 is 1.25. The summed E-state index contributed by atoms with van der Waals surface area (Å²) in [6.45, 7) is 5.77. The molecule has 0 bridgehead atoms. The third-order valence-electron chi connectivity index (χ3n) is 6.30. The van der Waals surface area contributed by atoms with Gasteiger partial charge in [0, 0.05) is 5.56 Å². The third kappa shape index (κ3) is 4.27. The summed E-state index contributed by atoms with van der Waals surface area (Å²) in [6.07, 6.45) is 1.81. The van der Waals surface area contributed by atoms with Crippen LogP contribution in [0.1, 0.15) is 36.6 Å². The standard InChI is InChI=1S/C27H26N2O7S/c1-6-34-26(31)23-15(3)28-27-29(24(23)18-12-17(32-4)7-8-19(18)33-5)25(30)22(37-27)11-16-10-21-20(9-14(16)2)35-13-36-21/h7-12,24H,6,13H2,1-5H3/t24-/m0/s1. The van der Waals surface area contributed by atoms with E-state index >= 15 is 0 Å². The second-order valence-corrected chi connectivity index (χ2v) is 9.48. The van der Waals surface area contributed by atoms with Crippen molar-refractivity contribution in [2.45, 2.75) is 26.8 Å². The molecule has 0 saturated carbocycles. The van der Waals surface area contributed by atoms with Crippen LogP contribution in [0.4, 0.5) is 0 Å². The van der Waals surface area contributed by atoms with Crippen LogP contribution in [0.3, 0.4) is 0 Å². The average molecular weight is 523 g/mol. The lowest BCUT2D eigenvalue weighted by molar-refractivity contribution is -0.139. The number of allylic oxidation sites excluding steroid dienone is 1. The number of esters is 1. The molecule has 192 valence electrons. The molecule has 2 aromatic carbocycles. The SMILES string of the molecule is CCOC(=O)C1=C(C)N=c2sc(=Cc3cc4c(cc3C)OCO4)c(=O)n2[C@H]1c1cc(OC)ccc1OC. The number of nitrogens with zero attached hydrogens (tertiary/aromatic N) is 2. The molecule has 3 aromatic rings. The van der Waals surface area contributed by atoms with E-state index in [2.05, 4.69) is 4.99 Å². The lowest BCUT2D eigenvalue weighted by Gasteiger charge is -2.26. The molecule has 1 aromatic heterocycles. The molecular weight excluding hydrogens is 496 g/mol. The molecule has 0 saturated heterocycles. The minimum atomic E-state index is -0.819. The number of aryl methyl sites for hydroxylation is 1. The molecule has 9 nitrogen and oxygen atoms in total. The fourth-order valence-electron chi connectivity index (χ4n) is 4.49. The van der Waals surface area contributed by atoms with Gasteiger partial charge in [-0.05, 0) is 68.3 Å². The van der Waals surface area contributed by atoms with Gasteiger partial charge in [0.25, 0.3) is 5.56 Å². The number of methoxy groups -OCH3 is 2. The number of hydrogen-bond donors (Lipinski definition) is 0. The van der Waals surface area contributed by atoms with E-state index in [1.54, 1.807) is 39.2 Å². The normalized spacial score (nSPS) is 16.4. The molecular formula is C27H26N2O7S. The van der Waals surface area contributed by atoms with E-state index in [0.29, 0.717) is 43.6 Å². The number of rotatable bonds is 6. The molecule has 0 fully saturated rings. The van der Waals surface area contributed by atoms with Gasteiger partial charge in [0.05, 0.1) is 36.6 Å². The van der Waals surface area contributed by atoms with Crippen molar-refractivity contribution >= 4 is 23.4 Å². The zero-order valence-corrected chi connectivity index (χ0v) is 21.9. The summed E-state index contributed by atoms with van der Waals surface area (Å²) in [6, 6.07) is 8.19. The predicted molar refractivity (Wildman–Crippen MR) is 137 cm³/mol. The number of aromatic nitrogens is 1. The van der Waals surface area contributed by atoms with E-state index < -0.39 is 12.0 Å². The van der Waals surface area contributed by atoms with Gasteiger partial charge < -0.3 is 23.7 Å². The van der Waals surface area contributed by atoms with Gasteiger partial charge in [-0.2, -0.15) is 0 Å². The van der Waals surface area contributed by atoms with Crippen molar-refractivity contribution in [1.82, 2.24) is 4.57 Å². The lowest BCUT2D eigenvalue weighted by atomic mass is 9.94. The first-order valence-electron chi connectivity index (χ1n) is 11.7. The number of carbonyl (C=O) groups is 1. The number of carbonyl (C=O) groups excluding carboxylic acids is 1. The highest BCUT2D eigenvalue weighted by atomic mass is 32.1. The van der Waals surface area contributed by atoms with Crippen LogP contribution >= 0.6 is 11.3 Å². The Bertz CT molecular complexity index is 1620. The Morgan fingerprint density at radius 1 is 1.16 bits per heavy atom. The molecule has 37 heavy (non-hydrogen) atoms. The van der Waals surface area contributed by atoms with E-state index in [-0.39, 0.29) is 24.5 Å². The van der Waals surface area contributed by atoms with Crippen LogP contribution in [-0.2, 0) is 9.53 Å². The van der Waals surface area contributed by atoms with Crippen LogP contribution in [0.5, 0.6) is 23.0 Å². The second kappa shape index (κ2) is 9.78. The fraction of sp³-hybridized carbons (Fsp3) is 0.296. The van der Waals surface area contributed by atoms with Crippen molar-refractivity contribution in [2.24, 2.45) is 4.99 Å². The minimum Gasteiger partial charge on any atom is -0.497 e. The number of hydrogen-bond acceptors (Lipinski definition) is 9. The Kier molecular flexibility index (Phi) is 6.51. The highest BCUT2D eigenvalue weighted by Gasteiger charge is 2.35. The second-order valence-electron chi connectivity index (χ2n) is 8.47. The van der Waals surface area contributed by atoms with Gasteiger partial charge >= 0.3 is 5.97 Å². The van der Waals surface area contributed by atoms with Crippen LogP contribution in [0, 0.1) is 6.92 Å². The first kappa shape index (κ1) is 24.6. The van der Waals surface area contributed by atoms with Crippen molar-refractivity contribution in [2.75, 3.05) is 27.6 Å². The summed E-state index contributed by atoms with van der Waals surface area (Å²) in [5, 5.41) is 0. The summed E-state index contributed by atoms with van der Waals surface area (Å²) in [5.41, 5.74) is 2.80. The first-order valence-corrected chi connectivity index (χ1v) is 12.5. The fourth-order valence-corrected chi connectivity index (χ4v) is 5.53. The molecule has 0 spiro atoms. The summed E-state index contributed by atoms with van der Waals surface area (Å²) in [5.74, 6) is 1.83.